The van der Waals surface area contributed by atoms with Gasteiger partial charge in [-0.05, 0) is 25.1 Å². The molecule has 0 aliphatic carbocycles. The van der Waals surface area contributed by atoms with Crippen LogP contribution in [-0.4, -0.2) is 49.3 Å². The third kappa shape index (κ3) is 4.43. The number of rotatable bonds is 6. The van der Waals surface area contributed by atoms with Gasteiger partial charge in [0, 0.05) is 37.5 Å². The van der Waals surface area contributed by atoms with Crippen LogP contribution in [0.3, 0.4) is 0 Å². The minimum atomic E-state index is -4.77. The highest BCUT2D eigenvalue weighted by molar-refractivity contribution is 6.36. The second kappa shape index (κ2) is 8.98. The molecule has 0 saturated carbocycles. The third-order valence-corrected chi connectivity index (χ3v) is 5.52. The van der Waals surface area contributed by atoms with E-state index in [-0.39, 0.29) is 28.6 Å². The van der Waals surface area contributed by atoms with Gasteiger partial charge in [-0.1, -0.05) is 23.7 Å². The van der Waals surface area contributed by atoms with Crippen LogP contribution in [0.5, 0.6) is 5.75 Å². The molecule has 0 unspecified atom stereocenters. The molecule has 3 aromatic heterocycles. The van der Waals surface area contributed by atoms with E-state index in [0.29, 0.717) is 22.4 Å². The molecule has 4 aromatic rings. The van der Waals surface area contributed by atoms with E-state index in [0.717, 1.165) is 11.6 Å². The van der Waals surface area contributed by atoms with Crippen molar-refractivity contribution in [2.24, 2.45) is 0 Å². The lowest BCUT2D eigenvalue weighted by Crippen LogP contribution is -2.26. The van der Waals surface area contributed by atoms with Crippen LogP contribution in [0.2, 0.25) is 5.02 Å². The third-order valence-electron chi connectivity index (χ3n) is 5.17. The van der Waals surface area contributed by atoms with Crippen LogP contribution in [0.15, 0.2) is 42.7 Å². The van der Waals surface area contributed by atoms with Crippen molar-refractivity contribution in [3.05, 3.63) is 64.7 Å². The lowest BCUT2D eigenvalue weighted by atomic mass is 10.1. The number of hydrogen-bond acceptors (Lipinski definition) is 5. The minimum absolute atomic E-state index is 0.0138. The molecule has 3 heterocycles. The number of carbonyl (C=O) groups excluding carboxylic acids is 1. The first-order valence-corrected chi connectivity index (χ1v) is 10.6. The van der Waals surface area contributed by atoms with E-state index < -0.39 is 17.8 Å². The highest BCUT2D eigenvalue weighted by Crippen LogP contribution is 2.35. The van der Waals surface area contributed by atoms with Gasteiger partial charge in [0.1, 0.15) is 10.8 Å². The molecule has 0 atom stereocenters. The number of aryl methyl sites for hydroxylation is 1. The van der Waals surface area contributed by atoms with E-state index in [9.17, 15) is 18.0 Å². The van der Waals surface area contributed by atoms with Gasteiger partial charge < -0.3 is 9.64 Å². The zero-order valence-corrected chi connectivity index (χ0v) is 19.2. The lowest BCUT2D eigenvalue weighted by Gasteiger charge is -2.14. The first-order valence-electron chi connectivity index (χ1n) is 10.2. The van der Waals surface area contributed by atoms with Crippen molar-refractivity contribution in [2.75, 3.05) is 14.2 Å². The summed E-state index contributed by atoms with van der Waals surface area (Å²) in [4.78, 5) is 18.6. The van der Waals surface area contributed by atoms with Crippen molar-refractivity contribution in [2.45, 2.75) is 26.2 Å². The zero-order chi connectivity index (χ0) is 24.6. The SMILES string of the molecule is CCn1cc(CN(C)C(=O)c2nn3c(C(F)(F)F)cc(-c4cccc(OC)c4)nc3c2Cl)cn1. The van der Waals surface area contributed by atoms with Crippen molar-refractivity contribution >= 4 is 23.2 Å². The molecule has 0 saturated heterocycles. The quantitative estimate of drug-likeness (QED) is 0.394. The van der Waals surface area contributed by atoms with Crippen LogP contribution in [0.25, 0.3) is 16.9 Å². The summed E-state index contributed by atoms with van der Waals surface area (Å²) in [6.07, 6.45) is -1.38. The summed E-state index contributed by atoms with van der Waals surface area (Å²) in [5.41, 5.74) is -0.546. The van der Waals surface area contributed by atoms with E-state index in [1.54, 1.807) is 41.3 Å². The molecular formula is C22H20ClF3N6O2. The van der Waals surface area contributed by atoms with Gasteiger partial charge >= 0.3 is 6.18 Å². The molecular weight excluding hydrogens is 473 g/mol. The normalized spacial score (nSPS) is 11.7. The Labute approximate surface area is 197 Å². The minimum Gasteiger partial charge on any atom is -0.497 e. The molecule has 0 radical (unpaired) electrons. The average molecular weight is 493 g/mol. The van der Waals surface area contributed by atoms with Crippen molar-refractivity contribution in [1.29, 1.82) is 0 Å². The number of benzene rings is 1. The number of aromatic nitrogens is 5. The van der Waals surface area contributed by atoms with Gasteiger partial charge in [-0.3, -0.25) is 9.48 Å². The van der Waals surface area contributed by atoms with Gasteiger partial charge in [0.15, 0.2) is 17.0 Å². The number of alkyl halides is 3. The maximum absolute atomic E-state index is 13.9. The number of carbonyl (C=O) groups is 1. The van der Waals surface area contributed by atoms with Gasteiger partial charge in [0.2, 0.25) is 0 Å². The zero-order valence-electron chi connectivity index (χ0n) is 18.5. The van der Waals surface area contributed by atoms with Crippen LogP contribution in [0.1, 0.15) is 28.7 Å². The van der Waals surface area contributed by atoms with Crippen molar-refractivity contribution < 1.29 is 22.7 Å². The fourth-order valence-corrected chi connectivity index (χ4v) is 3.69. The van der Waals surface area contributed by atoms with Crippen LogP contribution in [0.4, 0.5) is 13.2 Å². The Hall–Kier alpha value is -3.60. The molecule has 0 aliphatic rings. The second-order valence-corrected chi connectivity index (χ2v) is 7.90. The summed E-state index contributed by atoms with van der Waals surface area (Å²) in [7, 11) is 2.96. The van der Waals surface area contributed by atoms with Crippen molar-refractivity contribution in [3.8, 4) is 17.0 Å². The Kier molecular flexibility index (Phi) is 6.22. The molecule has 0 bridgehead atoms. The Morgan fingerprint density at radius 1 is 1.26 bits per heavy atom. The summed E-state index contributed by atoms with van der Waals surface area (Å²) in [6.45, 7) is 2.77. The molecule has 8 nitrogen and oxygen atoms in total. The molecule has 12 heteroatoms. The Bertz CT molecular complexity index is 1360. The van der Waals surface area contributed by atoms with Crippen LogP contribution < -0.4 is 4.74 Å². The average Bonchev–Trinajstić information content (AvgIpc) is 3.41. The van der Waals surface area contributed by atoms with Gasteiger partial charge in [0.05, 0.1) is 19.0 Å². The first-order chi connectivity index (χ1) is 16.1. The van der Waals surface area contributed by atoms with E-state index in [1.165, 1.54) is 19.1 Å². The van der Waals surface area contributed by atoms with Gasteiger partial charge in [-0.25, -0.2) is 9.50 Å². The van der Waals surface area contributed by atoms with Crippen molar-refractivity contribution in [1.82, 2.24) is 29.3 Å². The smallest absolute Gasteiger partial charge is 0.433 e. The molecule has 1 amide bonds. The molecule has 1 aromatic carbocycles. The number of hydrogen-bond donors (Lipinski definition) is 0. The summed E-state index contributed by atoms with van der Waals surface area (Å²) >= 11 is 6.36. The fourth-order valence-electron chi connectivity index (χ4n) is 3.45. The Balaban J connectivity index is 1.78. The Morgan fingerprint density at radius 3 is 2.68 bits per heavy atom. The lowest BCUT2D eigenvalue weighted by molar-refractivity contribution is -0.142. The number of fused-ring (bicyclic) bond motifs is 1. The summed E-state index contributed by atoms with van der Waals surface area (Å²) in [6, 6.07) is 7.31. The number of nitrogens with zero attached hydrogens (tertiary/aromatic N) is 6. The van der Waals surface area contributed by atoms with Gasteiger partial charge in [-0.2, -0.15) is 23.4 Å². The maximum Gasteiger partial charge on any atom is 0.433 e. The maximum atomic E-state index is 13.9. The first kappa shape index (κ1) is 23.6. The molecule has 0 aliphatic heterocycles. The van der Waals surface area contributed by atoms with Gasteiger partial charge in [-0.15, -0.1) is 0 Å². The molecule has 178 valence electrons. The topological polar surface area (TPSA) is 77.6 Å². The van der Waals surface area contributed by atoms with E-state index >= 15 is 0 Å². The molecule has 0 N–H and O–H groups in total. The predicted octanol–water partition coefficient (Wildman–Crippen LogP) is 4.57. The molecule has 0 spiro atoms. The monoisotopic (exact) mass is 492 g/mol. The number of ether oxygens (including phenoxy) is 1. The van der Waals surface area contributed by atoms with Crippen LogP contribution in [-0.2, 0) is 19.3 Å². The summed E-state index contributed by atoms with van der Waals surface area (Å²) < 4.78 is 49.2. The Morgan fingerprint density at radius 2 is 2.03 bits per heavy atom. The van der Waals surface area contributed by atoms with E-state index in [1.807, 2.05) is 6.92 Å². The largest absolute Gasteiger partial charge is 0.497 e. The molecule has 34 heavy (non-hydrogen) atoms. The second-order valence-electron chi connectivity index (χ2n) is 7.52. The number of amides is 1. The summed E-state index contributed by atoms with van der Waals surface area (Å²) in [5, 5.41) is 7.78. The fraction of sp³-hybridized carbons (Fsp3) is 0.273. The predicted molar refractivity (Wildman–Crippen MR) is 119 cm³/mol. The summed E-state index contributed by atoms with van der Waals surface area (Å²) in [5.74, 6) is -0.188. The molecule has 4 rings (SSSR count). The standard InChI is InChI=1S/C22H20ClF3N6O2/c1-4-31-12-13(10-27-31)11-30(2)21(33)19-18(23)20-28-16(14-6-5-7-15(8-14)34-3)9-17(22(24,25)26)32(20)29-19/h5-10,12H,4,11H2,1-3H3. The van der Waals surface area contributed by atoms with Crippen LogP contribution in [0, 0.1) is 0 Å². The highest BCUT2D eigenvalue weighted by atomic mass is 35.5. The molecule has 0 fully saturated rings. The van der Waals surface area contributed by atoms with E-state index in [4.69, 9.17) is 16.3 Å². The number of methoxy groups -OCH3 is 1. The van der Waals surface area contributed by atoms with Crippen LogP contribution >= 0.6 is 11.6 Å². The highest BCUT2D eigenvalue weighted by Gasteiger charge is 2.37. The van der Waals surface area contributed by atoms with Gasteiger partial charge in [0.25, 0.3) is 5.91 Å². The van der Waals surface area contributed by atoms with Crippen molar-refractivity contribution in [3.63, 3.8) is 0 Å². The van der Waals surface area contributed by atoms with E-state index in [2.05, 4.69) is 15.2 Å². The number of halogens is 4.